The Morgan fingerprint density at radius 2 is 1.57 bits per heavy atom. The molecule has 0 aliphatic heterocycles. The lowest BCUT2D eigenvalue weighted by Gasteiger charge is -2.25. The van der Waals surface area contributed by atoms with E-state index in [1.807, 2.05) is 0 Å². The second-order valence-corrected chi connectivity index (χ2v) is 4.59. The van der Waals surface area contributed by atoms with E-state index in [0.717, 1.165) is 0 Å². The fourth-order valence-corrected chi connectivity index (χ4v) is 1.40. The Morgan fingerprint density at radius 3 is 2.05 bits per heavy atom. The summed E-state index contributed by atoms with van der Waals surface area (Å²) in [5, 5.41) is 56.7. The van der Waals surface area contributed by atoms with E-state index in [2.05, 4.69) is 5.32 Å². The molecule has 0 bridgehead atoms. The summed E-state index contributed by atoms with van der Waals surface area (Å²) >= 11 is 0. The number of carboxylic acid groups (broad SMARTS) is 1. The number of carbonyl (C=O) groups excluding carboxylic acids is 1. The summed E-state index contributed by atoms with van der Waals surface area (Å²) < 4.78 is 0. The highest BCUT2D eigenvalue weighted by Crippen LogP contribution is 2.04. The molecule has 0 unspecified atom stereocenters. The first-order chi connectivity index (χ1) is 9.70. The molecule has 10 nitrogen and oxygen atoms in total. The molecule has 0 rings (SSSR count). The topological polar surface area (TPSA) is 194 Å². The van der Waals surface area contributed by atoms with Gasteiger partial charge < -0.3 is 41.7 Å². The van der Waals surface area contributed by atoms with Crippen molar-refractivity contribution in [3.05, 3.63) is 0 Å². The summed E-state index contributed by atoms with van der Waals surface area (Å²) in [6, 6.07) is -1.17. The van der Waals surface area contributed by atoms with E-state index in [4.69, 9.17) is 21.1 Å². The molecule has 0 aromatic carbocycles. The number of aliphatic carboxylic acids is 1. The number of hydrogen-bond donors (Lipinski definition) is 8. The Bertz CT molecular complexity index is 340. The van der Waals surface area contributed by atoms with Gasteiger partial charge >= 0.3 is 5.97 Å². The van der Waals surface area contributed by atoms with Gasteiger partial charge in [-0.15, -0.1) is 0 Å². The monoisotopic (exact) mass is 310 g/mol. The van der Waals surface area contributed by atoms with E-state index in [0.29, 0.717) is 0 Å². The highest BCUT2D eigenvalue weighted by molar-refractivity contribution is 5.78. The third-order valence-corrected chi connectivity index (χ3v) is 2.83. The van der Waals surface area contributed by atoms with Crippen molar-refractivity contribution in [2.45, 2.75) is 43.3 Å². The number of aliphatic hydroxyl groups is 5. The zero-order valence-electron chi connectivity index (χ0n) is 11.3. The van der Waals surface area contributed by atoms with Crippen molar-refractivity contribution in [3.63, 3.8) is 0 Å². The first-order valence-corrected chi connectivity index (χ1v) is 6.28. The van der Waals surface area contributed by atoms with Gasteiger partial charge in [0.15, 0.2) is 0 Å². The van der Waals surface area contributed by atoms with Gasteiger partial charge in [-0.3, -0.25) is 9.59 Å². The molecule has 0 saturated carbocycles. The van der Waals surface area contributed by atoms with Crippen LogP contribution in [0.15, 0.2) is 0 Å². The Labute approximate surface area is 120 Å². The van der Waals surface area contributed by atoms with Gasteiger partial charge in [0.1, 0.15) is 24.4 Å². The molecule has 5 atom stereocenters. The minimum absolute atomic E-state index is 0.0916. The number of carbonyl (C=O) groups is 2. The van der Waals surface area contributed by atoms with Crippen LogP contribution in [0.3, 0.4) is 0 Å². The highest BCUT2D eigenvalue weighted by atomic mass is 16.4. The van der Waals surface area contributed by atoms with Crippen molar-refractivity contribution in [2.24, 2.45) is 5.73 Å². The van der Waals surface area contributed by atoms with Crippen molar-refractivity contribution in [1.29, 1.82) is 0 Å². The molecular weight excluding hydrogens is 288 g/mol. The van der Waals surface area contributed by atoms with E-state index >= 15 is 0 Å². The van der Waals surface area contributed by atoms with Gasteiger partial charge in [0.2, 0.25) is 5.91 Å². The molecule has 1 amide bonds. The Morgan fingerprint density at radius 1 is 1.05 bits per heavy atom. The molecule has 0 aliphatic carbocycles. The van der Waals surface area contributed by atoms with Crippen LogP contribution in [0, 0.1) is 0 Å². The summed E-state index contributed by atoms with van der Waals surface area (Å²) in [4.78, 5) is 21.8. The molecule has 9 N–H and O–H groups in total. The molecular formula is C11H22N2O8. The lowest BCUT2D eigenvalue weighted by Crippen LogP contribution is -2.49. The average Bonchev–Trinajstić information content (AvgIpc) is 2.47. The van der Waals surface area contributed by atoms with Crippen LogP contribution in [0.5, 0.6) is 0 Å². The lowest BCUT2D eigenvalue weighted by molar-refractivity contribution is -0.138. The van der Waals surface area contributed by atoms with Crippen LogP contribution in [0.4, 0.5) is 0 Å². The zero-order chi connectivity index (χ0) is 16.6. The Hall–Kier alpha value is -1.30. The van der Waals surface area contributed by atoms with E-state index < -0.39 is 55.5 Å². The highest BCUT2D eigenvalue weighted by Gasteiger charge is 2.30. The van der Waals surface area contributed by atoms with Crippen molar-refractivity contribution in [1.82, 2.24) is 5.32 Å². The summed E-state index contributed by atoms with van der Waals surface area (Å²) in [7, 11) is 0. The number of amides is 1. The van der Waals surface area contributed by atoms with Gasteiger partial charge in [0.05, 0.1) is 12.7 Å². The number of hydrogen-bond acceptors (Lipinski definition) is 8. The largest absolute Gasteiger partial charge is 0.480 e. The molecule has 21 heavy (non-hydrogen) atoms. The number of nitrogens with two attached hydrogens (primary N) is 1. The van der Waals surface area contributed by atoms with Gasteiger partial charge in [0, 0.05) is 13.0 Å². The standard InChI is InChI=1S/C11H22N2O8/c12-5(11(20)21)1-2-8(17)13-3-6(15)9(18)10(19)7(16)4-14/h5-7,9-10,14-16,18-19H,1-4,12H2,(H,13,17)(H,20,21)/t5-,6-,7+,9+,10+/m0/s1. The maximum Gasteiger partial charge on any atom is 0.320 e. The lowest BCUT2D eigenvalue weighted by atomic mass is 10.0. The van der Waals surface area contributed by atoms with E-state index in [-0.39, 0.29) is 12.8 Å². The molecule has 0 aliphatic rings. The molecule has 0 radical (unpaired) electrons. The maximum absolute atomic E-state index is 11.4. The average molecular weight is 310 g/mol. The van der Waals surface area contributed by atoms with Crippen LogP contribution < -0.4 is 11.1 Å². The third-order valence-electron chi connectivity index (χ3n) is 2.83. The van der Waals surface area contributed by atoms with E-state index in [9.17, 15) is 24.9 Å². The van der Waals surface area contributed by atoms with Crippen LogP contribution in [0.25, 0.3) is 0 Å². The molecule has 0 fully saturated rings. The van der Waals surface area contributed by atoms with Crippen molar-refractivity contribution >= 4 is 11.9 Å². The van der Waals surface area contributed by atoms with Crippen LogP contribution in [0.2, 0.25) is 0 Å². The first-order valence-electron chi connectivity index (χ1n) is 6.28. The molecule has 10 heteroatoms. The quantitative estimate of drug-likeness (QED) is 0.197. The number of aliphatic hydroxyl groups excluding tert-OH is 5. The normalized spacial score (nSPS) is 18.4. The van der Waals surface area contributed by atoms with Gasteiger partial charge in [-0.1, -0.05) is 0 Å². The molecule has 0 saturated heterocycles. The second kappa shape index (κ2) is 9.60. The van der Waals surface area contributed by atoms with Crippen LogP contribution in [-0.2, 0) is 9.59 Å². The van der Waals surface area contributed by atoms with Crippen molar-refractivity contribution in [2.75, 3.05) is 13.2 Å². The van der Waals surface area contributed by atoms with Gasteiger partial charge in [-0.05, 0) is 6.42 Å². The molecule has 124 valence electrons. The van der Waals surface area contributed by atoms with Gasteiger partial charge in [0.25, 0.3) is 0 Å². The van der Waals surface area contributed by atoms with Crippen LogP contribution in [0.1, 0.15) is 12.8 Å². The summed E-state index contributed by atoms with van der Waals surface area (Å²) in [5.74, 6) is -1.82. The van der Waals surface area contributed by atoms with Crippen molar-refractivity contribution in [3.8, 4) is 0 Å². The maximum atomic E-state index is 11.4. The predicted molar refractivity (Wildman–Crippen MR) is 69.0 cm³/mol. The minimum Gasteiger partial charge on any atom is -0.480 e. The van der Waals surface area contributed by atoms with Crippen LogP contribution in [-0.4, -0.2) is 86.1 Å². The SMILES string of the molecule is N[C@@H](CCC(=O)NC[C@H](O)[C@@H](O)[C@H](O)[C@H](O)CO)C(=O)O. The first kappa shape index (κ1) is 19.7. The van der Waals surface area contributed by atoms with Gasteiger partial charge in [-0.2, -0.15) is 0 Å². The van der Waals surface area contributed by atoms with E-state index in [1.165, 1.54) is 0 Å². The fraction of sp³-hybridized carbons (Fsp3) is 0.818. The van der Waals surface area contributed by atoms with E-state index in [1.54, 1.807) is 0 Å². The second-order valence-electron chi connectivity index (χ2n) is 4.59. The predicted octanol–water partition coefficient (Wildman–Crippen LogP) is -4.27. The molecule has 0 heterocycles. The molecule has 0 aromatic rings. The third kappa shape index (κ3) is 7.32. The van der Waals surface area contributed by atoms with Crippen LogP contribution >= 0.6 is 0 Å². The summed E-state index contributed by atoms with van der Waals surface area (Å²) in [5.41, 5.74) is 5.20. The summed E-state index contributed by atoms with van der Waals surface area (Å²) in [6.07, 6.45) is -7.02. The Kier molecular flexibility index (Phi) is 9.01. The fourth-order valence-electron chi connectivity index (χ4n) is 1.40. The van der Waals surface area contributed by atoms with Gasteiger partial charge in [-0.25, -0.2) is 0 Å². The Balaban J connectivity index is 4.09. The molecule has 0 aromatic heterocycles. The zero-order valence-corrected chi connectivity index (χ0v) is 11.3. The number of nitrogens with one attached hydrogen (secondary N) is 1. The number of rotatable bonds is 10. The summed E-state index contributed by atoms with van der Waals surface area (Å²) in [6.45, 7) is -1.22. The van der Waals surface area contributed by atoms with Crippen molar-refractivity contribution < 1.29 is 40.2 Å². The minimum atomic E-state index is -1.78. The molecule has 0 spiro atoms. The smallest absolute Gasteiger partial charge is 0.320 e. The number of carboxylic acids is 1.